The minimum absolute atomic E-state index is 0.0312. The van der Waals surface area contributed by atoms with E-state index in [1.165, 1.54) is 0 Å². The number of hydrogen-bond donors (Lipinski definition) is 3. The van der Waals surface area contributed by atoms with Crippen molar-refractivity contribution in [1.82, 2.24) is 0 Å². The predicted octanol–water partition coefficient (Wildman–Crippen LogP) is 3.63. The maximum atomic E-state index is 12.4. The fraction of sp³-hybridized carbons (Fsp3) is 0.300. The maximum Gasteiger partial charge on any atom is 0.247 e. The number of benzene rings is 2. The zero-order valence-corrected chi connectivity index (χ0v) is 14.7. The molecule has 1 heterocycles. The van der Waals surface area contributed by atoms with E-state index < -0.39 is 6.04 Å². The molecule has 0 unspecified atom stereocenters. The highest BCUT2D eigenvalue weighted by Gasteiger charge is 2.27. The van der Waals surface area contributed by atoms with Gasteiger partial charge in [-0.15, -0.1) is 0 Å². The molecule has 3 rings (SSSR count). The summed E-state index contributed by atoms with van der Waals surface area (Å²) < 4.78 is 5.73. The van der Waals surface area contributed by atoms with Gasteiger partial charge in [0, 0.05) is 0 Å². The molecule has 0 saturated carbocycles. The van der Waals surface area contributed by atoms with E-state index in [0.29, 0.717) is 18.0 Å². The molecule has 0 aliphatic carbocycles. The third kappa shape index (κ3) is 4.33. The quantitative estimate of drug-likeness (QED) is 0.664. The Morgan fingerprint density at radius 1 is 1.12 bits per heavy atom. The van der Waals surface area contributed by atoms with Crippen molar-refractivity contribution in [2.24, 2.45) is 0 Å². The molecule has 6 heteroatoms. The zero-order chi connectivity index (χ0) is 18.4. The number of rotatable bonds is 7. The van der Waals surface area contributed by atoms with Crippen LogP contribution in [0.3, 0.4) is 0 Å². The van der Waals surface area contributed by atoms with Crippen LogP contribution >= 0.6 is 0 Å². The Hall–Kier alpha value is -3.02. The van der Waals surface area contributed by atoms with Crippen molar-refractivity contribution in [2.75, 3.05) is 22.6 Å². The molecule has 0 bridgehead atoms. The number of nitrogens with one attached hydrogen (secondary N) is 3. The number of fused-ring (bicyclic) bond motifs is 1. The molecule has 1 aliphatic rings. The van der Waals surface area contributed by atoms with Crippen molar-refractivity contribution in [2.45, 2.75) is 32.2 Å². The van der Waals surface area contributed by atoms with Crippen LogP contribution in [0.15, 0.2) is 48.5 Å². The van der Waals surface area contributed by atoms with Crippen molar-refractivity contribution in [3.63, 3.8) is 0 Å². The van der Waals surface area contributed by atoms with Gasteiger partial charge < -0.3 is 20.7 Å². The molecule has 0 fully saturated rings. The average Bonchev–Trinajstić information content (AvgIpc) is 2.64. The number of hydrogen-bond acceptors (Lipinski definition) is 4. The van der Waals surface area contributed by atoms with E-state index in [0.717, 1.165) is 24.2 Å². The molecule has 0 saturated heterocycles. The summed E-state index contributed by atoms with van der Waals surface area (Å²) in [6.07, 6.45) is 2.02. The number of anilines is 3. The van der Waals surface area contributed by atoms with Gasteiger partial charge in [0.1, 0.15) is 11.8 Å². The molecule has 0 aromatic heterocycles. The Bertz CT molecular complexity index is 791. The molecular weight excluding hydrogens is 330 g/mol. The molecule has 136 valence electrons. The van der Waals surface area contributed by atoms with Crippen LogP contribution in [0.1, 0.15) is 26.2 Å². The Labute approximate surface area is 152 Å². The number of carbonyl (C=O) groups is 2. The fourth-order valence-corrected chi connectivity index (χ4v) is 2.74. The van der Waals surface area contributed by atoms with E-state index >= 15 is 0 Å². The van der Waals surface area contributed by atoms with Gasteiger partial charge in [-0.25, -0.2) is 0 Å². The molecular formula is C20H23N3O3. The van der Waals surface area contributed by atoms with Gasteiger partial charge in [-0.2, -0.15) is 0 Å². The lowest BCUT2D eigenvalue weighted by molar-refractivity contribution is -0.122. The number of ether oxygens (including phenoxy) is 1. The Morgan fingerprint density at radius 3 is 2.65 bits per heavy atom. The van der Waals surface area contributed by atoms with Gasteiger partial charge in [-0.05, 0) is 30.7 Å². The van der Waals surface area contributed by atoms with E-state index in [1.807, 2.05) is 42.5 Å². The molecule has 3 N–H and O–H groups in total. The smallest absolute Gasteiger partial charge is 0.247 e. The van der Waals surface area contributed by atoms with Gasteiger partial charge >= 0.3 is 0 Å². The topological polar surface area (TPSA) is 79.5 Å². The van der Waals surface area contributed by atoms with Crippen LogP contribution in [-0.2, 0) is 9.59 Å². The maximum absolute atomic E-state index is 12.4. The van der Waals surface area contributed by atoms with Crippen molar-refractivity contribution >= 4 is 28.9 Å². The first-order chi connectivity index (χ1) is 12.7. The van der Waals surface area contributed by atoms with E-state index in [4.69, 9.17) is 4.74 Å². The molecule has 26 heavy (non-hydrogen) atoms. The first-order valence-corrected chi connectivity index (χ1v) is 8.85. The second-order valence-electron chi connectivity index (χ2n) is 6.18. The van der Waals surface area contributed by atoms with E-state index in [-0.39, 0.29) is 18.2 Å². The van der Waals surface area contributed by atoms with Gasteiger partial charge in [0.2, 0.25) is 11.8 Å². The number of unbranched alkanes of at least 4 members (excludes halogenated alkanes) is 1. The summed E-state index contributed by atoms with van der Waals surface area (Å²) in [5.74, 6) is 0.176. The highest BCUT2D eigenvalue weighted by molar-refractivity contribution is 6.06. The van der Waals surface area contributed by atoms with Crippen molar-refractivity contribution in [1.29, 1.82) is 0 Å². The summed E-state index contributed by atoms with van der Waals surface area (Å²) in [4.78, 5) is 24.6. The monoisotopic (exact) mass is 353 g/mol. The molecule has 1 aliphatic heterocycles. The van der Waals surface area contributed by atoms with Crippen LogP contribution < -0.4 is 20.7 Å². The third-order valence-electron chi connectivity index (χ3n) is 4.14. The zero-order valence-electron chi connectivity index (χ0n) is 14.7. The molecule has 2 aromatic carbocycles. The van der Waals surface area contributed by atoms with Gasteiger partial charge in [0.15, 0.2) is 0 Å². The summed E-state index contributed by atoms with van der Waals surface area (Å²) in [6.45, 7) is 2.70. The van der Waals surface area contributed by atoms with Gasteiger partial charge in [0.25, 0.3) is 0 Å². The SMILES string of the molecule is CCCCOc1ccccc1NC(=O)C[C@@H]1Nc2ccccc2NC1=O. The van der Waals surface area contributed by atoms with E-state index in [9.17, 15) is 9.59 Å². The minimum atomic E-state index is -0.613. The average molecular weight is 353 g/mol. The summed E-state index contributed by atoms with van der Waals surface area (Å²) in [5.41, 5.74) is 2.15. The molecule has 0 spiro atoms. The first-order valence-electron chi connectivity index (χ1n) is 8.85. The lowest BCUT2D eigenvalue weighted by Crippen LogP contribution is -2.41. The van der Waals surface area contributed by atoms with Crippen LogP contribution in [-0.4, -0.2) is 24.5 Å². The fourth-order valence-electron chi connectivity index (χ4n) is 2.74. The predicted molar refractivity (Wildman–Crippen MR) is 103 cm³/mol. The largest absolute Gasteiger partial charge is 0.491 e. The van der Waals surface area contributed by atoms with Crippen molar-refractivity contribution in [3.05, 3.63) is 48.5 Å². The Kier molecular flexibility index (Phi) is 5.73. The normalized spacial score (nSPS) is 15.4. The second-order valence-corrected chi connectivity index (χ2v) is 6.18. The van der Waals surface area contributed by atoms with Crippen LogP contribution in [0.4, 0.5) is 17.1 Å². The lowest BCUT2D eigenvalue weighted by Gasteiger charge is -2.26. The van der Waals surface area contributed by atoms with Gasteiger partial charge in [-0.3, -0.25) is 9.59 Å². The molecule has 0 radical (unpaired) electrons. The van der Waals surface area contributed by atoms with Crippen LogP contribution in [0.25, 0.3) is 0 Å². The molecule has 1 atom stereocenters. The molecule has 2 aromatic rings. The Balaban J connectivity index is 1.62. The van der Waals surface area contributed by atoms with Gasteiger partial charge in [0.05, 0.1) is 30.1 Å². The van der Waals surface area contributed by atoms with Crippen LogP contribution in [0.2, 0.25) is 0 Å². The summed E-state index contributed by atoms with van der Waals surface area (Å²) in [5, 5.41) is 8.78. The first kappa shape index (κ1) is 17.8. The highest BCUT2D eigenvalue weighted by atomic mass is 16.5. The molecule has 6 nitrogen and oxygen atoms in total. The number of carbonyl (C=O) groups excluding carboxylic acids is 2. The van der Waals surface area contributed by atoms with Crippen molar-refractivity contribution in [3.8, 4) is 5.75 Å². The summed E-state index contributed by atoms with van der Waals surface area (Å²) >= 11 is 0. The van der Waals surface area contributed by atoms with Crippen LogP contribution in [0, 0.1) is 0 Å². The van der Waals surface area contributed by atoms with Crippen molar-refractivity contribution < 1.29 is 14.3 Å². The van der Waals surface area contributed by atoms with Crippen LogP contribution in [0.5, 0.6) is 5.75 Å². The number of para-hydroxylation sites is 4. The Morgan fingerprint density at radius 2 is 1.85 bits per heavy atom. The number of amides is 2. The van der Waals surface area contributed by atoms with E-state index in [2.05, 4.69) is 22.9 Å². The standard InChI is InChI=1S/C20H23N3O3/c1-2-3-12-26-18-11-7-6-10-16(18)22-19(24)13-17-20(25)23-15-9-5-4-8-14(15)21-17/h4-11,17,21H,2-3,12-13H2,1H3,(H,22,24)(H,23,25)/t17-/m0/s1. The molecule has 2 amide bonds. The summed E-state index contributed by atoms with van der Waals surface area (Å²) in [6, 6.07) is 14.1. The summed E-state index contributed by atoms with van der Waals surface area (Å²) in [7, 11) is 0. The minimum Gasteiger partial charge on any atom is -0.491 e. The van der Waals surface area contributed by atoms with Gasteiger partial charge in [-0.1, -0.05) is 37.6 Å². The highest BCUT2D eigenvalue weighted by Crippen LogP contribution is 2.28. The third-order valence-corrected chi connectivity index (χ3v) is 4.14. The second kappa shape index (κ2) is 8.38. The lowest BCUT2D eigenvalue weighted by atomic mass is 10.1. The van der Waals surface area contributed by atoms with E-state index in [1.54, 1.807) is 6.07 Å².